The van der Waals surface area contributed by atoms with Crippen molar-refractivity contribution in [3.8, 4) is 0 Å². The first-order valence-electron chi connectivity index (χ1n) is 5.50. The molecular formula is C14H10BrCl2NO. The molecular weight excluding hydrogens is 349 g/mol. The Hall–Kier alpha value is -1.03. The number of carbonyl (C=O) groups is 1. The lowest BCUT2D eigenvalue weighted by atomic mass is 10.2. The molecule has 19 heavy (non-hydrogen) atoms. The Morgan fingerprint density at radius 2 is 1.84 bits per heavy atom. The molecule has 1 amide bonds. The van der Waals surface area contributed by atoms with Crippen molar-refractivity contribution in [2.45, 2.75) is 6.92 Å². The van der Waals surface area contributed by atoms with Crippen LogP contribution in [0.4, 0.5) is 5.69 Å². The summed E-state index contributed by atoms with van der Waals surface area (Å²) in [7, 11) is 0. The van der Waals surface area contributed by atoms with Gasteiger partial charge in [0.15, 0.2) is 0 Å². The SMILES string of the molecule is Cc1cc(Br)c(NC(=O)c2ccccc2Cl)cc1Cl. The second-order valence-electron chi connectivity index (χ2n) is 4.02. The molecule has 2 aromatic rings. The van der Waals surface area contributed by atoms with E-state index in [0.29, 0.717) is 21.3 Å². The van der Waals surface area contributed by atoms with Gasteiger partial charge in [-0.25, -0.2) is 0 Å². The average Bonchev–Trinajstić information content (AvgIpc) is 2.36. The molecule has 0 spiro atoms. The van der Waals surface area contributed by atoms with Gasteiger partial charge in [-0.2, -0.15) is 0 Å². The normalized spacial score (nSPS) is 10.3. The molecule has 98 valence electrons. The van der Waals surface area contributed by atoms with Gasteiger partial charge in [-0.3, -0.25) is 4.79 Å². The molecule has 0 radical (unpaired) electrons. The fourth-order valence-corrected chi connectivity index (χ4v) is 2.52. The summed E-state index contributed by atoms with van der Waals surface area (Å²) < 4.78 is 0.773. The standard InChI is InChI=1S/C14H10BrCl2NO/c1-8-6-10(15)13(7-12(8)17)18-14(19)9-4-2-3-5-11(9)16/h2-7H,1H3,(H,18,19). The van der Waals surface area contributed by atoms with Gasteiger partial charge < -0.3 is 5.32 Å². The highest BCUT2D eigenvalue weighted by atomic mass is 79.9. The summed E-state index contributed by atoms with van der Waals surface area (Å²) in [5.41, 5.74) is 1.97. The van der Waals surface area contributed by atoms with Gasteiger partial charge in [-0.15, -0.1) is 0 Å². The zero-order chi connectivity index (χ0) is 14.0. The van der Waals surface area contributed by atoms with E-state index in [9.17, 15) is 4.79 Å². The maximum atomic E-state index is 12.1. The number of benzene rings is 2. The van der Waals surface area contributed by atoms with Crippen molar-refractivity contribution in [3.05, 3.63) is 62.0 Å². The van der Waals surface area contributed by atoms with Crippen LogP contribution in [0.5, 0.6) is 0 Å². The summed E-state index contributed by atoms with van der Waals surface area (Å²) in [5, 5.41) is 3.79. The smallest absolute Gasteiger partial charge is 0.257 e. The van der Waals surface area contributed by atoms with E-state index >= 15 is 0 Å². The molecule has 0 saturated carbocycles. The van der Waals surface area contributed by atoms with Gasteiger partial charge in [0.2, 0.25) is 0 Å². The molecule has 5 heteroatoms. The van der Waals surface area contributed by atoms with Crippen LogP contribution in [0.3, 0.4) is 0 Å². The highest BCUT2D eigenvalue weighted by Gasteiger charge is 2.12. The van der Waals surface area contributed by atoms with Crippen molar-refractivity contribution >= 4 is 50.7 Å². The minimum Gasteiger partial charge on any atom is -0.321 e. The van der Waals surface area contributed by atoms with Crippen molar-refractivity contribution in [2.75, 3.05) is 5.32 Å². The Labute approximate surface area is 129 Å². The molecule has 0 bridgehead atoms. The average molecular weight is 359 g/mol. The van der Waals surface area contributed by atoms with Crippen LogP contribution in [0, 0.1) is 6.92 Å². The number of aryl methyl sites for hydroxylation is 1. The molecule has 2 rings (SSSR count). The van der Waals surface area contributed by atoms with Crippen LogP contribution in [-0.2, 0) is 0 Å². The van der Waals surface area contributed by atoms with E-state index in [1.165, 1.54) is 0 Å². The van der Waals surface area contributed by atoms with E-state index < -0.39 is 0 Å². The van der Waals surface area contributed by atoms with E-state index in [0.717, 1.165) is 10.0 Å². The van der Waals surface area contributed by atoms with Crippen molar-refractivity contribution < 1.29 is 4.79 Å². The lowest BCUT2D eigenvalue weighted by Gasteiger charge is -2.10. The molecule has 0 aliphatic heterocycles. The molecule has 0 aromatic heterocycles. The summed E-state index contributed by atoms with van der Waals surface area (Å²) >= 11 is 15.4. The Morgan fingerprint density at radius 3 is 2.53 bits per heavy atom. The molecule has 2 nitrogen and oxygen atoms in total. The van der Waals surface area contributed by atoms with E-state index in [-0.39, 0.29) is 5.91 Å². The topological polar surface area (TPSA) is 29.1 Å². The van der Waals surface area contributed by atoms with Gasteiger partial charge in [-0.1, -0.05) is 35.3 Å². The number of amides is 1. The minimum atomic E-state index is -0.272. The van der Waals surface area contributed by atoms with Gasteiger partial charge >= 0.3 is 0 Å². The van der Waals surface area contributed by atoms with Crippen LogP contribution >= 0.6 is 39.1 Å². The number of hydrogen-bond donors (Lipinski definition) is 1. The third kappa shape index (κ3) is 3.30. The monoisotopic (exact) mass is 357 g/mol. The van der Waals surface area contributed by atoms with Crippen LogP contribution in [0.25, 0.3) is 0 Å². The third-order valence-electron chi connectivity index (χ3n) is 2.61. The Morgan fingerprint density at radius 1 is 1.16 bits per heavy atom. The van der Waals surface area contributed by atoms with E-state index in [2.05, 4.69) is 21.2 Å². The van der Waals surface area contributed by atoms with E-state index in [1.807, 2.05) is 13.0 Å². The molecule has 0 saturated heterocycles. The predicted molar refractivity (Wildman–Crippen MR) is 83.3 cm³/mol. The van der Waals surface area contributed by atoms with Gasteiger partial charge in [0.05, 0.1) is 16.3 Å². The van der Waals surface area contributed by atoms with Crippen molar-refractivity contribution in [2.24, 2.45) is 0 Å². The second kappa shape index (κ2) is 5.95. The predicted octanol–water partition coefficient (Wildman–Crippen LogP) is 5.32. The first-order valence-corrected chi connectivity index (χ1v) is 7.05. The highest BCUT2D eigenvalue weighted by molar-refractivity contribution is 9.10. The molecule has 1 N–H and O–H groups in total. The van der Waals surface area contributed by atoms with Crippen molar-refractivity contribution in [1.82, 2.24) is 0 Å². The zero-order valence-corrected chi connectivity index (χ0v) is 13.1. The van der Waals surface area contributed by atoms with Crippen molar-refractivity contribution in [1.29, 1.82) is 0 Å². The molecule has 2 aromatic carbocycles. The van der Waals surface area contributed by atoms with Gasteiger partial charge in [-0.05, 0) is 52.7 Å². The van der Waals surface area contributed by atoms with Gasteiger partial charge in [0.1, 0.15) is 0 Å². The van der Waals surface area contributed by atoms with E-state index in [4.69, 9.17) is 23.2 Å². The number of anilines is 1. The maximum Gasteiger partial charge on any atom is 0.257 e. The minimum absolute atomic E-state index is 0.272. The molecule has 0 aliphatic rings. The number of rotatable bonds is 2. The number of nitrogens with one attached hydrogen (secondary N) is 1. The summed E-state index contributed by atoms with van der Waals surface area (Å²) in [6.45, 7) is 1.90. The molecule has 0 heterocycles. The fraction of sp³-hybridized carbons (Fsp3) is 0.0714. The number of halogens is 3. The third-order valence-corrected chi connectivity index (χ3v) is 4.01. The molecule has 0 unspecified atom stereocenters. The zero-order valence-electron chi connectivity index (χ0n) is 10.0. The first kappa shape index (κ1) is 14.4. The van der Waals surface area contributed by atoms with Crippen LogP contribution < -0.4 is 5.32 Å². The highest BCUT2D eigenvalue weighted by Crippen LogP contribution is 2.30. The summed E-state index contributed by atoms with van der Waals surface area (Å²) in [5.74, 6) is -0.272. The Balaban J connectivity index is 2.30. The summed E-state index contributed by atoms with van der Waals surface area (Å²) in [4.78, 5) is 12.1. The lowest BCUT2D eigenvalue weighted by Crippen LogP contribution is -2.12. The van der Waals surface area contributed by atoms with Gasteiger partial charge in [0.25, 0.3) is 5.91 Å². The molecule has 0 atom stereocenters. The second-order valence-corrected chi connectivity index (χ2v) is 5.68. The van der Waals surface area contributed by atoms with E-state index in [1.54, 1.807) is 30.3 Å². The van der Waals surface area contributed by atoms with Crippen LogP contribution in [0.2, 0.25) is 10.0 Å². The fourth-order valence-electron chi connectivity index (χ4n) is 1.58. The van der Waals surface area contributed by atoms with Gasteiger partial charge in [0, 0.05) is 9.50 Å². The maximum absolute atomic E-state index is 12.1. The van der Waals surface area contributed by atoms with Crippen LogP contribution in [0.1, 0.15) is 15.9 Å². The first-order chi connectivity index (χ1) is 8.99. The summed E-state index contributed by atoms with van der Waals surface area (Å²) in [6.07, 6.45) is 0. The van der Waals surface area contributed by atoms with Crippen LogP contribution in [0.15, 0.2) is 40.9 Å². The Kier molecular flexibility index (Phi) is 4.50. The molecule has 0 aliphatic carbocycles. The van der Waals surface area contributed by atoms with Crippen molar-refractivity contribution in [3.63, 3.8) is 0 Å². The quantitative estimate of drug-likeness (QED) is 0.773. The Bertz CT molecular complexity index is 643. The number of hydrogen-bond acceptors (Lipinski definition) is 1. The number of carbonyl (C=O) groups excluding carboxylic acids is 1. The lowest BCUT2D eigenvalue weighted by molar-refractivity contribution is 0.102. The summed E-state index contributed by atoms with van der Waals surface area (Å²) in [6, 6.07) is 10.4. The largest absolute Gasteiger partial charge is 0.321 e. The van der Waals surface area contributed by atoms with Crippen LogP contribution in [-0.4, -0.2) is 5.91 Å². The molecule has 0 fully saturated rings.